The molecule has 0 unspecified atom stereocenters. The van der Waals surface area contributed by atoms with Crippen LogP contribution in [0.4, 0.5) is 4.39 Å². The number of imidazole rings is 1. The van der Waals surface area contributed by atoms with Crippen molar-refractivity contribution in [2.24, 2.45) is 4.99 Å². The van der Waals surface area contributed by atoms with Gasteiger partial charge in [-0.05, 0) is 63.7 Å². The number of halogens is 1. The number of rotatable bonds is 7. The number of allylic oxidation sites excluding steroid dienone is 3. The van der Waals surface area contributed by atoms with Crippen molar-refractivity contribution in [3.05, 3.63) is 66.0 Å². The van der Waals surface area contributed by atoms with E-state index in [4.69, 9.17) is 9.40 Å². The van der Waals surface area contributed by atoms with E-state index in [-0.39, 0.29) is 24.8 Å². The summed E-state index contributed by atoms with van der Waals surface area (Å²) < 4.78 is 23.7. The summed E-state index contributed by atoms with van der Waals surface area (Å²) in [7, 11) is 0. The van der Waals surface area contributed by atoms with E-state index in [1.807, 2.05) is 56.3 Å². The Bertz CT molecular complexity index is 1360. The molecule has 0 saturated carbocycles. The molecule has 200 valence electrons. The molecule has 5 heterocycles. The fourth-order valence-electron chi connectivity index (χ4n) is 5.52. The number of alkyl halides is 1. The SMILES string of the molecule is C=N/C(=C\C=C/C)c1nc2cccnc2n1C1CCN(C(=O)C2(F)CCN(Cc3ccc(C)o3)CC2)CC1. The second-order valence-corrected chi connectivity index (χ2v) is 10.2. The van der Waals surface area contributed by atoms with Crippen molar-refractivity contribution < 1.29 is 13.6 Å². The molecule has 1 amide bonds. The lowest BCUT2D eigenvalue weighted by Gasteiger charge is -2.40. The number of carbonyl (C=O) groups excluding carboxylic acids is 1. The van der Waals surface area contributed by atoms with Crippen molar-refractivity contribution >= 4 is 29.5 Å². The number of piperidine rings is 2. The van der Waals surface area contributed by atoms with Crippen LogP contribution in [0, 0.1) is 6.92 Å². The molecule has 0 aromatic carbocycles. The first kappa shape index (κ1) is 26.0. The van der Waals surface area contributed by atoms with Crippen molar-refractivity contribution in [2.45, 2.75) is 57.8 Å². The van der Waals surface area contributed by atoms with Gasteiger partial charge in [-0.2, -0.15) is 0 Å². The second-order valence-electron chi connectivity index (χ2n) is 10.2. The van der Waals surface area contributed by atoms with Gasteiger partial charge in [-0.3, -0.25) is 14.7 Å². The van der Waals surface area contributed by atoms with Crippen LogP contribution in [0.25, 0.3) is 16.9 Å². The minimum absolute atomic E-state index is 0.0684. The molecule has 3 aromatic rings. The molecular formula is C29H35FN6O2. The van der Waals surface area contributed by atoms with Gasteiger partial charge in [0.1, 0.15) is 22.7 Å². The molecule has 5 rings (SSSR count). The summed E-state index contributed by atoms with van der Waals surface area (Å²) in [5, 5.41) is 0. The predicted molar refractivity (Wildman–Crippen MR) is 147 cm³/mol. The zero-order valence-corrected chi connectivity index (χ0v) is 22.1. The summed E-state index contributed by atoms with van der Waals surface area (Å²) in [5.74, 6) is 2.07. The molecule has 8 nitrogen and oxygen atoms in total. The maximum atomic E-state index is 15.9. The number of hydrogen-bond acceptors (Lipinski definition) is 6. The molecule has 0 radical (unpaired) electrons. The van der Waals surface area contributed by atoms with Crippen LogP contribution >= 0.6 is 0 Å². The summed E-state index contributed by atoms with van der Waals surface area (Å²) >= 11 is 0. The van der Waals surface area contributed by atoms with Crippen LogP contribution in [-0.4, -0.2) is 68.8 Å². The Morgan fingerprint density at radius 3 is 2.66 bits per heavy atom. The van der Waals surface area contributed by atoms with E-state index in [2.05, 4.69) is 26.2 Å². The van der Waals surface area contributed by atoms with E-state index in [9.17, 15) is 4.79 Å². The summed E-state index contributed by atoms with van der Waals surface area (Å²) in [6.45, 7) is 10.3. The van der Waals surface area contributed by atoms with Crippen molar-refractivity contribution in [1.82, 2.24) is 24.3 Å². The molecule has 0 N–H and O–H groups in total. The Balaban J connectivity index is 1.26. The fourth-order valence-corrected chi connectivity index (χ4v) is 5.52. The van der Waals surface area contributed by atoms with Crippen molar-refractivity contribution in [1.29, 1.82) is 0 Å². The Morgan fingerprint density at radius 2 is 2.00 bits per heavy atom. The lowest BCUT2D eigenvalue weighted by Crippen LogP contribution is -2.53. The van der Waals surface area contributed by atoms with Crippen molar-refractivity contribution in [2.75, 3.05) is 26.2 Å². The van der Waals surface area contributed by atoms with Crippen molar-refractivity contribution in [3.8, 4) is 0 Å². The third-order valence-electron chi connectivity index (χ3n) is 7.62. The highest BCUT2D eigenvalue weighted by Gasteiger charge is 2.45. The first-order valence-electron chi connectivity index (χ1n) is 13.3. The minimum atomic E-state index is -1.81. The topological polar surface area (TPSA) is 79.8 Å². The number of hydrogen-bond donors (Lipinski definition) is 0. The predicted octanol–water partition coefficient (Wildman–Crippen LogP) is 5.12. The average molecular weight is 519 g/mol. The van der Waals surface area contributed by atoms with Crippen LogP contribution in [-0.2, 0) is 11.3 Å². The number of aliphatic imine (C=N–C) groups is 1. The van der Waals surface area contributed by atoms with E-state index < -0.39 is 5.67 Å². The molecule has 2 aliphatic rings. The minimum Gasteiger partial charge on any atom is -0.465 e. The monoisotopic (exact) mass is 518 g/mol. The Morgan fingerprint density at radius 1 is 1.24 bits per heavy atom. The van der Waals surface area contributed by atoms with E-state index >= 15 is 4.39 Å². The molecule has 3 aromatic heterocycles. The van der Waals surface area contributed by atoms with Gasteiger partial charge in [0.05, 0.1) is 6.54 Å². The summed E-state index contributed by atoms with van der Waals surface area (Å²) in [6, 6.07) is 7.76. The quantitative estimate of drug-likeness (QED) is 0.321. The lowest BCUT2D eigenvalue weighted by atomic mass is 9.90. The maximum absolute atomic E-state index is 15.9. The van der Waals surface area contributed by atoms with Gasteiger partial charge in [-0.15, -0.1) is 0 Å². The van der Waals surface area contributed by atoms with Gasteiger partial charge >= 0.3 is 0 Å². The average Bonchev–Trinajstić information content (AvgIpc) is 3.53. The molecule has 38 heavy (non-hydrogen) atoms. The number of aromatic nitrogens is 3. The zero-order chi connectivity index (χ0) is 26.7. The first-order chi connectivity index (χ1) is 18.4. The number of pyridine rings is 1. The van der Waals surface area contributed by atoms with Crippen LogP contribution in [0.1, 0.15) is 56.0 Å². The second kappa shape index (κ2) is 11.0. The van der Waals surface area contributed by atoms with E-state index in [0.717, 1.165) is 22.7 Å². The van der Waals surface area contributed by atoms with E-state index in [1.165, 1.54) is 0 Å². The van der Waals surface area contributed by atoms with Gasteiger partial charge < -0.3 is 13.9 Å². The number of carbonyl (C=O) groups is 1. The number of furan rings is 1. The molecule has 2 aliphatic heterocycles. The molecule has 0 bridgehead atoms. The third kappa shape index (κ3) is 5.20. The van der Waals surface area contributed by atoms with E-state index in [0.29, 0.717) is 57.1 Å². The largest absolute Gasteiger partial charge is 0.465 e. The van der Waals surface area contributed by atoms with Crippen molar-refractivity contribution in [3.63, 3.8) is 0 Å². The first-order valence-corrected chi connectivity index (χ1v) is 13.3. The summed E-state index contributed by atoms with van der Waals surface area (Å²) in [4.78, 5) is 30.8. The molecule has 0 atom stereocenters. The number of likely N-dealkylation sites (tertiary alicyclic amines) is 2. The van der Waals surface area contributed by atoms with Gasteiger partial charge in [-0.1, -0.05) is 12.2 Å². The fraction of sp³-hybridized carbons (Fsp3) is 0.448. The normalized spacial score (nSPS) is 19.4. The number of amides is 1. The molecule has 2 fully saturated rings. The smallest absolute Gasteiger partial charge is 0.260 e. The maximum Gasteiger partial charge on any atom is 0.260 e. The lowest BCUT2D eigenvalue weighted by molar-refractivity contribution is -0.149. The van der Waals surface area contributed by atoms with Crippen LogP contribution in [0.3, 0.4) is 0 Å². The van der Waals surface area contributed by atoms with Crippen LogP contribution in [0.5, 0.6) is 0 Å². The van der Waals surface area contributed by atoms with Gasteiger partial charge in [0.2, 0.25) is 0 Å². The number of fused-ring (bicyclic) bond motifs is 1. The molecule has 0 aliphatic carbocycles. The molecular weight excluding hydrogens is 483 g/mol. The number of nitrogens with zero attached hydrogens (tertiary/aromatic N) is 6. The highest BCUT2D eigenvalue weighted by molar-refractivity contribution is 5.85. The Hall–Kier alpha value is -3.59. The summed E-state index contributed by atoms with van der Waals surface area (Å²) in [5.41, 5.74) is 0.420. The number of aryl methyl sites for hydroxylation is 1. The van der Waals surface area contributed by atoms with Gasteiger partial charge in [-0.25, -0.2) is 14.4 Å². The molecule has 9 heteroatoms. The highest BCUT2D eigenvalue weighted by Crippen LogP contribution is 2.34. The molecule has 0 spiro atoms. The van der Waals surface area contributed by atoms with E-state index in [1.54, 1.807) is 11.1 Å². The van der Waals surface area contributed by atoms with Crippen LogP contribution < -0.4 is 0 Å². The Kier molecular flexibility index (Phi) is 7.56. The van der Waals surface area contributed by atoms with Gasteiger partial charge in [0, 0.05) is 51.3 Å². The highest BCUT2D eigenvalue weighted by atomic mass is 19.1. The van der Waals surface area contributed by atoms with Gasteiger partial charge in [0.15, 0.2) is 17.1 Å². The van der Waals surface area contributed by atoms with Crippen LogP contribution in [0.15, 0.2) is 58.1 Å². The zero-order valence-electron chi connectivity index (χ0n) is 22.1. The summed E-state index contributed by atoms with van der Waals surface area (Å²) in [6.07, 6.45) is 9.26. The van der Waals surface area contributed by atoms with Gasteiger partial charge in [0.25, 0.3) is 5.91 Å². The Labute approximate surface area is 222 Å². The van der Waals surface area contributed by atoms with Crippen LogP contribution in [0.2, 0.25) is 0 Å². The standard InChI is InChI=1S/C29H35FN6O2/c1-4-5-7-24(31-3)27-33-25-8-6-15-32-26(25)36(27)22-11-16-35(17-12-22)28(37)29(30)13-18-34(19-14-29)20-23-10-9-21(2)38-23/h4-10,15,22H,3,11-14,16-20H2,1-2H3/b5-4-,24-7-. The third-order valence-corrected chi connectivity index (χ3v) is 7.62. The molecule has 2 saturated heterocycles.